The maximum Gasteiger partial charge on any atom is 0.266 e. The highest BCUT2D eigenvalue weighted by Gasteiger charge is 2.75. The number of hydrogen-bond donors (Lipinski definition) is 0. The maximum absolute atomic E-state index is 13.9. The lowest BCUT2D eigenvalue weighted by atomic mass is 9.73. The van der Waals surface area contributed by atoms with E-state index in [2.05, 4.69) is 16.0 Å². The molecule has 0 N–H and O–H groups in total. The number of hydrogen-bond acceptors (Lipinski definition) is 4. The molecular formula is C23H27N3OS. The molecule has 1 aliphatic heterocycles. The lowest BCUT2D eigenvalue weighted by Crippen LogP contribution is -2.30. The van der Waals surface area contributed by atoms with Gasteiger partial charge in [0, 0.05) is 11.1 Å². The minimum absolute atomic E-state index is 0.0596. The molecule has 0 atom stereocenters. The molecule has 5 rings (SSSR count). The Morgan fingerprint density at radius 2 is 1.64 bits per heavy atom. The zero-order valence-electron chi connectivity index (χ0n) is 16.8. The Morgan fingerprint density at radius 1 is 1.07 bits per heavy atom. The Labute approximate surface area is 170 Å². The molecule has 3 heterocycles. The van der Waals surface area contributed by atoms with Crippen LogP contribution in [0.2, 0.25) is 0 Å². The number of pyridine rings is 1. The highest BCUT2D eigenvalue weighted by molar-refractivity contribution is 7.20. The number of rotatable bonds is 1. The highest BCUT2D eigenvalue weighted by atomic mass is 32.1. The Hall–Kier alpha value is -1.93. The topological polar surface area (TPSA) is 56.8 Å². The number of amides is 1. The number of aryl methyl sites for hydroxylation is 2. The number of nitrogens with zero attached hydrogens (tertiary/aromatic N) is 3. The fraction of sp³-hybridized carbons (Fsp3) is 0.609. The van der Waals surface area contributed by atoms with Crippen molar-refractivity contribution in [2.75, 3.05) is 0 Å². The van der Waals surface area contributed by atoms with Crippen LogP contribution in [0.15, 0.2) is 6.07 Å². The van der Waals surface area contributed by atoms with E-state index < -0.39 is 0 Å². The molecular weight excluding hydrogens is 366 g/mol. The Bertz CT molecular complexity index is 979. The van der Waals surface area contributed by atoms with Gasteiger partial charge in [-0.15, -0.1) is 11.3 Å². The summed E-state index contributed by atoms with van der Waals surface area (Å²) in [4.78, 5) is 22.2. The maximum atomic E-state index is 13.9. The first-order chi connectivity index (χ1) is 13.5. The van der Waals surface area contributed by atoms with E-state index in [0.717, 1.165) is 47.2 Å². The second kappa shape index (κ2) is 6.29. The highest BCUT2D eigenvalue weighted by Crippen LogP contribution is 2.66. The van der Waals surface area contributed by atoms with Crippen molar-refractivity contribution in [1.29, 1.82) is 5.26 Å². The van der Waals surface area contributed by atoms with E-state index in [-0.39, 0.29) is 17.0 Å². The van der Waals surface area contributed by atoms with Crippen LogP contribution in [0.1, 0.15) is 90.7 Å². The molecule has 5 heteroatoms. The van der Waals surface area contributed by atoms with Gasteiger partial charge in [0.2, 0.25) is 0 Å². The molecule has 0 unspecified atom stereocenters. The van der Waals surface area contributed by atoms with Crippen LogP contribution in [-0.4, -0.2) is 26.9 Å². The minimum Gasteiger partial charge on any atom is -0.322 e. The first-order valence-electron chi connectivity index (χ1n) is 10.7. The predicted octanol–water partition coefficient (Wildman–Crippen LogP) is 5.65. The van der Waals surface area contributed by atoms with E-state index in [0.29, 0.717) is 10.4 Å². The quantitative estimate of drug-likeness (QED) is 0.589. The summed E-state index contributed by atoms with van der Waals surface area (Å²) in [5.74, 6) is 0.0976. The third-order valence-corrected chi connectivity index (χ3v) is 8.60. The zero-order valence-corrected chi connectivity index (χ0v) is 17.6. The van der Waals surface area contributed by atoms with Crippen LogP contribution in [0, 0.1) is 25.2 Å². The molecule has 3 aliphatic rings. The van der Waals surface area contributed by atoms with Crippen LogP contribution < -0.4 is 0 Å². The molecule has 3 fully saturated rings. The standard InChI is InChI=1S/C23H27N3OS/c1-15-13-16(2)25-20-18(15)17(14-24)19(28-20)21(27)26-22(9-5-3-6-10-22)23(26)11-7-4-8-12-23/h13H,3-12H2,1-2H3. The third kappa shape index (κ3) is 2.27. The second-order valence-corrected chi connectivity index (χ2v) is 10.0. The van der Waals surface area contributed by atoms with E-state index in [1.54, 1.807) is 0 Å². The van der Waals surface area contributed by atoms with Gasteiger partial charge >= 0.3 is 0 Å². The summed E-state index contributed by atoms with van der Waals surface area (Å²) in [6.45, 7) is 3.99. The van der Waals surface area contributed by atoms with Crippen molar-refractivity contribution in [2.45, 2.75) is 89.1 Å². The summed E-state index contributed by atoms with van der Waals surface area (Å²) in [6.07, 6.45) is 12.0. The van der Waals surface area contributed by atoms with Crippen LogP contribution >= 0.6 is 11.3 Å². The van der Waals surface area contributed by atoms with Gasteiger partial charge in [-0.25, -0.2) is 4.98 Å². The number of carbonyl (C=O) groups is 1. The van der Waals surface area contributed by atoms with Crippen LogP contribution in [0.25, 0.3) is 10.2 Å². The summed E-state index contributed by atoms with van der Waals surface area (Å²) >= 11 is 1.42. The molecule has 0 radical (unpaired) electrons. The predicted molar refractivity (Wildman–Crippen MR) is 112 cm³/mol. The number of carbonyl (C=O) groups excluding carboxylic acids is 1. The van der Waals surface area contributed by atoms with Gasteiger partial charge in [0.05, 0.1) is 16.6 Å². The van der Waals surface area contributed by atoms with E-state index in [1.165, 1.54) is 49.9 Å². The molecule has 0 bridgehead atoms. The third-order valence-electron chi connectivity index (χ3n) is 7.53. The molecule has 28 heavy (non-hydrogen) atoms. The van der Waals surface area contributed by atoms with Crippen molar-refractivity contribution >= 4 is 27.5 Å². The summed E-state index contributed by atoms with van der Waals surface area (Å²) in [5, 5.41) is 10.8. The van der Waals surface area contributed by atoms with E-state index in [4.69, 9.17) is 0 Å². The van der Waals surface area contributed by atoms with Gasteiger partial charge in [0.15, 0.2) is 0 Å². The first-order valence-corrected chi connectivity index (χ1v) is 11.5. The molecule has 2 aromatic heterocycles. The van der Waals surface area contributed by atoms with Gasteiger partial charge in [-0.1, -0.05) is 38.5 Å². The van der Waals surface area contributed by atoms with Crippen molar-refractivity contribution in [3.05, 3.63) is 27.8 Å². The smallest absolute Gasteiger partial charge is 0.266 e. The minimum atomic E-state index is 0.0596. The molecule has 4 nitrogen and oxygen atoms in total. The first kappa shape index (κ1) is 18.1. The second-order valence-electron chi connectivity index (χ2n) is 9.00. The van der Waals surface area contributed by atoms with Gasteiger partial charge in [-0.3, -0.25) is 4.79 Å². The van der Waals surface area contributed by atoms with Crippen LogP contribution in [-0.2, 0) is 0 Å². The Morgan fingerprint density at radius 3 is 2.18 bits per heavy atom. The van der Waals surface area contributed by atoms with Crippen LogP contribution in [0.5, 0.6) is 0 Å². The molecule has 2 saturated carbocycles. The average Bonchev–Trinajstić information content (AvgIpc) is 3.01. The SMILES string of the molecule is Cc1cc(C)c2c(C#N)c(C(=O)N3C4(CCCCC4)C34CCCCC4)sc2n1. The summed E-state index contributed by atoms with van der Waals surface area (Å²) < 4.78 is 0. The van der Waals surface area contributed by atoms with E-state index in [9.17, 15) is 10.1 Å². The fourth-order valence-corrected chi connectivity index (χ4v) is 7.58. The van der Waals surface area contributed by atoms with Gasteiger partial charge < -0.3 is 4.90 Å². The molecule has 1 amide bonds. The largest absolute Gasteiger partial charge is 0.322 e. The fourth-order valence-electron chi connectivity index (χ4n) is 6.41. The van der Waals surface area contributed by atoms with Crippen LogP contribution in [0.3, 0.4) is 0 Å². The molecule has 1 saturated heterocycles. The van der Waals surface area contributed by atoms with Crippen LogP contribution in [0.4, 0.5) is 0 Å². The molecule has 146 valence electrons. The van der Waals surface area contributed by atoms with Crippen molar-refractivity contribution in [3.8, 4) is 6.07 Å². The van der Waals surface area contributed by atoms with E-state index in [1.807, 2.05) is 19.9 Å². The van der Waals surface area contributed by atoms with Gasteiger partial charge in [-0.2, -0.15) is 5.26 Å². The monoisotopic (exact) mass is 393 g/mol. The average molecular weight is 394 g/mol. The number of aromatic nitrogens is 1. The molecule has 2 aliphatic carbocycles. The Kier molecular flexibility index (Phi) is 4.07. The molecule has 2 aromatic rings. The summed E-state index contributed by atoms with van der Waals surface area (Å²) in [5.41, 5.74) is 2.64. The van der Waals surface area contributed by atoms with Crippen molar-refractivity contribution in [2.24, 2.45) is 0 Å². The number of nitriles is 1. The van der Waals surface area contributed by atoms with Crippen molar-refractivity contribution in [1.82, 2.24) is 9.88 Å². The summed E-state index contributed by atoms with van der Waals surface area (Å²) in [7, 11) is 0. The summed E-state index contributed by atoms with van der Waals surface area (Å²) in [6, 6.07) is 4.35. The lowest BCUT2D eigenvalue weighted by Gasteiger charge is -2.27. The van der Waals surface area contributed by atoms with Gasteiger partial charge in [0.1, 0.15) is 15.8 Å². The van der Waals surface area contributed by atoms with Gasteiger partial charge in [0.25, 0.3) is 5.91 Å². The number of fused-ring (bicyclic) bond motifs is 2. The molecule has 2 spiro atoms. The lowest BCUT2D eigenvalue weighted by molar-refractivity contribution is 0.0819. The number of thiophene rings is 1. The molecule has 0 aromatic carbocycles. The normalized spacial score (nSPS) is 22.5. The Balaban J connectivity index is 1.61. The van der Waals surface area contributed by atoms with Gasteiger partial charge in [-0.05, 0) is 51.2 Å². The van der Waals surface area contributed by atoms with Crippen molar-refractivity contribution < 1.29 is 4.79 Å². The van der Waals surface area contributed by atoms with Crippen molar-refractivity contribution in [3.63, 3.8) is 0 Å². The zero-order chi connectivity index (χ0) is 19.5. The van der Waals surface area contributed by atoms with E-state index >= 15 is 0 Å².